The fourth-order valence-corrected chi connectivity index (χ4v) is 1.30. The van der Waals surface area contributed by atoms with E-state index >= 15 is 0 Å². The molecule has 0 amide bonds. The van der Waals surface area contributed by atoms with Crippen LogP contribution in [0.25, 0.3) is 0 Å². The third-order valence-electron chi connectivity index (χ3n) is 2.16. The van der Waals surface area contributed by atoms with Gasteiger partial charge < -0.3 is 9.82 Å². The van der Waals surface area contributed by atoms with Crippen molar-refractivity contribution in [3.8, 4) is 0 Å². The fourth-order valence-electron chi connectivity index (χ4n) is 1.30. The molecule has 0 aliphatic carbocycles. The summed E-state index contributed by atoms with van der Waals surface area (Å²) in [5, 5.41) is 3.84. The van der Waals surface area contributed by atoms with Crippen LogP contribution in [0.3, 0.4) is 0 Å². The van der Waals surface area contributed by atoms with Gasteiger partial charge in [0.1, 0.15) is 6.10 Å². The molecule has 6 nitrogen and oxygen atoms in total. The van der Waals surface area contributed by atoms with Gasteiger partial charge in [0.25, 0.3) is 5.56 Å². The average Bonchev–Trinajstić information content (AvgIpc) is 2.31. The van der Waals surface area contributed by atoms with E-state index in [4.69, 9.17) is 4.84 Å². The topological polar surface area (TPSA) is 76.4 Å². The molecule has 98 valence electrons. The summed E-state index contributed by atoms with van der Waals surface area (Å²) in [5.74, 6) is 0. The van der Waals surface area contributed by atoms with Gasteiger partial charge in [-0.05, 0) is 20.8 Å². The number of rotatable bonds is 5. The smallest absolute Gasteiger partial charge is 0.328 e. The summed E-state index contributed by atoms with van der Waals surface area (Å²) in [6.45, 7) is 8.97. The number of oxime groups is 1. The average molecular weight is 251 g/mol. The minimum Gasteiger partial charge on any atom is -0.393 e. The molecule has 0 saturated heterocycles. The summed E-state index contributed by atoms with van der Waals surface area (Å²) in [5.41, 5.74) is -0.159. The van der Waals surface area contributed by atoms with Crippen molar-refractivity contribution >= 4 is 5.71 Å². The number of aromatic amines is 1. The van der Waals surface area contributed by atoms with Gasteiger partial charge in [-0.25, -0.2) is 4.79 Å². The molecule has 0 aliphatic heterocycles. The van der Waals surface area contributed by atoms with Crippen LogP contribution in [0, 0.1) is 0 Å². The molecule has 6 heteroatoms. The lowest BCUT2D eigenvalue weighted by molar-refractivity contribution is 0.0860. The maximum absolute atomic E-state index is 12.0. The molecule has 0 saturated carbocycles. The zero-order valence-corrected chi connectivity index (χ0v) is 10.8. The molecule has 1 aromatic heterocycles. The van der Waals surface area contributed by atoms with E-state index in [1.165, 1.54) is 12.3 Å². The Morgan fingerprint density at radius 3 is 2.83 bits per heavy atom. The summed E-state index contributed by atoms with van der Waals surface area (Å²) in [6, 6.07) is 0. The third kappa shape index (κ3) is 3.19. The highest BCUT2D eigenvalue weighted by molar-refractivity contribution is 5.97. The van der Waals surface area contributed by atoms with Gasteiger partial charge in [-0.1, -0.05) is 11.2 Å². The molecule has 1 aromatic rings. The van der Waals surface area contributed by atoms with E-state index in [2.05, 4.69) is 16.7 Å². The van der Waals surface area contributed by atoms with Crippen molar-refractivity contribution in [1.82, 2.24) is 9.55 Å². The first-order chi connectivity index (χ1) is 8.47. The van der Waals surface area contributed by atoms with E-state index in [0.29, 0.717) is 11.3 Å². The Labute approximate surface area is 105 Å². The van der Waals surface area contributed by atoms with Crippen molar-refractivity contribution in [3.63, 3.8) is 0 Å². The first-order valence-electron chi connectivity index (χ1n) is 5.61. The molecular weight excluding hydrogens is 234 g/mol. The zero-order valence-electron chi connectivity index (χ0n) is 10.8. The first kappa shape index (κ1) is 14.0. The Morgan fingerprint density at radius 1 is 1.61 bits per heavy atom. The predicted octanol–water partition coefficient (Wildman–Crippen LogP) is 0.872. The Balaban J connectivity index is 3.23. The molecule has 0 bridgehead atoms. The third-order valence-corrected chi connectivity index (χ3v) is 2.16. The second-order valence-electron chi connectivity index (χ2n) is 4.04. The standard InChI is InChI=1S/C12H17N3O3/c1-5-6-15-11(16)10(7-13-12(15)17)9(4)14-18-8(2)3/h5,7-8H,1,6H2,2-4H3,(H,13,17)/b14-9+. The van der Waals surface area contributed by atoms with Crippen LogP contribution in [0.15, 0.2) is 33.6 Å². The Hall–Kier alpha value is -2.11. The van der Waals surface area contributed by atoms with E-state index < -0.39 is 11.2 Å². The van der Waals surface area contributed by atoms with Gasteiger partial charge in [-0.15, -0.1) is 6.58 Å². The van der Waals surface area contributed by atoms with Crippen LogP contribution in [0.4, 0.5) is 0 Å². The summed E-state index contributed by atoms with van der Waals surface area (Å²) in [7, 11) is 0. The van der Waals surface area contributed by atoms with E-state index in [-0.39, 0.29) is 12.6 Å². The number of allylic oxidation sites excluding steroid dienone is 1. The largest absolute Gasteiger partial charge is 0.393 e. The molecule has 0 radical (unpaired) electrons. The van der Waals surface area contributed by atoms with Crippen molar-refractivity contribution in [3.05, 3.63) is 45.3 Å². The minimum atomic E-state index is -0.471. The second kappa shape index (κ2) is 6.00. The van der Waals surface area contributed by atoms with Gasteiger partial charge in [0.2, 0.25) is 0 Å². The molecule has 1 heterocycles. The quantitative estimate of drug-likeness (QED) is 0.479. The van der Waals surface area contributed by atoms with Crippen LogP contribution < -0.4 is 11.2 Å². The number of nitrogens with zero attached hydrogens (tertiary/aromatic N) is 2. The van der Waals surface area contributed by atoms with Gasteiger partial charge in [-0.2, -0.15) is 0 Å². The van der Waals surface area contributed by atoms with Gasteiger partial charge in [-0.3, -0.25) is 9.36 Å². The highest BCUT2D eigenvalue weighted by Gasteiger charge is 2.09. The molecule has 1 rings (SSSR count). The van der Waals surface area contributed by atoms with Crippen LogP contribution in [0.2, 0.25) is 0 Å². The van der Waals surface area contributed by atoms with Crippen LogP contribution in [0.1, 0.15) is 26.3 Å². The molecule has 0 spiro atoms. The summed E-state index contributed by atoms with van der Waals surface area (Å²) in [4.78, 5) is 31.0. The van der Waals surface area contributed by atoms with E-state index in [1.54, 1.807) is 6.92 Å². The normalized spacial score (nSPS) is 11.7. The van der Waals surface area contributed by atoms with Crippen molar-refractivity contribution in [2.75, 3.05) is 0 Å². The summed E-state index contributed by atoms with van der Waals surface area (Å²) < 4.78 is 1.05. The fraction of sp³-hybridized carbons (Fsp3) is 0.417. The molecule has 0 aliphatic rings. The number of nitrogens with one attached hydrogen (secondary N) is 1. The highest BCUT2D eigenvalue weighted by atomic mass is 16.6. The van der Waals surface area contributed by atoms with Gasteiger partial charge >= 0.3 is 5.69 Å². The summed E-state index contributed by atoms with van der Waals surface area (Å²) in [6.07, 6.45) is 2.75. The molecule has 1 N–H and O–H groups in total. The molecule has 18 heavy (non-hydrogen) atoms. The molecule has 0 atom stereocenters. The maximum atomic E-state index is 12.0. The lowest BCUT2D eigenvalue weighted by atomic mass is 10.2. The number of H-pyrrole nitrogens is 1. The first-order valence-corrected chi connectivity index (χ1v) is 5.61. The number of hydrogen-bond acceptors (Lipinski definition) is 4. The molecule has 0 fully saturated rings. The predicted molar refractivity (Wildman–Crippen MR) is 70.0 cm³/mol. The van der Waals surface area contributed by atoms with Gasteiger partial charge in [0, 0.05) is 12.7 Å². The Bertz CT molecular complexity index is 567. The lowest BCUT2D eigenvalue weighted by Gasteiger charge is -2.06. The monoisotopic (exact) mass is 251 g/mol. The van der Waals surface area contributed by atoms with Crippen LogP contribution in [-0.2, 0) is 11.4 Å². The van der Waals surface area contributed by atoms with Gasteiger partial charge in [0.15, 0.2) is 0 Å². The highest BCUT2D eigenvalue weighted by Crippen LogP contribution is 1.95. The van der Waals surface area contributed by atoms with Crippen LogP contribution in [0.5, 0.6) is 0 Å². The maximum Gasteiger partial charge on any atom is 0.328 e. The second-order valence-corrected chi connectivity index (χ2v) is 4.04. The zero-order chi connectivity index (χ0) is 13.7. The van der Waals surface area contributed by atoms with Crippen molar-refractivity contribution in [2.24, 2.45) is 5.16 Å². The van der Waals surface area contributed by atoms with E-state index in [9.17, 15) is 9.59 Å². The van der Waals surface area contributed by atoms with Crippen LogP contribution >= 0.6 is 0 Å². The Morgan fingerprint density at radius 2 is 2.28 bits per heavy atom. The Kier molecular flexibility index (Phi) is 4.65. The number of aromatic nitrogens is 2. The lowest BCUT2D eigenvalue weighted by Crippen LogP contribution is -2.37. The van der Waals surface area contributed by atoms with E-state index in [0.717, 1.165) is 4.57 Å². The van der Waals surface area contributed by atoms with E-state index in [1.807, 2.05) is 13.8 Å². The van der Waals surface area contributed by atoms with Gasteiger partial charge in [0.05, 0.1) is 11.3 Å². The molecular formula is C12H17N3O3. The molecule has 0 aromatic carbocycles. The SMILES string of the molecule is C=CCn1c(=O)[nH]cc(/C(C)=N/OC(C)C)c1=O. The minimum absolute atomic E-state index is 0.0712. The van der Waals surface area contributed by atoms with Crippen molar-refractivity contribution in [2.45, 2.75) is 33.4 Å². The van der Waals surface area contributed by atoms with Crippen LogP contribution in [-0.4, -0.2) is 21.4 Å². The van der Waals surface area contributed by atoms with Crippen molar-refractivity contribution in [1.29, 1.82) is 0 Å². The van der Waals surface area contributed by atoms with Crippen molar-refractivity contribution < 1.29 is 4.84 Å². The molecule has 0 unspecified atom stereocenters. The summed E-state index contributed by atoms with van der Waals surface area (Å²) >= 11 is 0. The number of hydrogen-bond donors (Lipinski definition) is 1.